The molecule has 0 saturated carbocycles. The monoisotopic (exact) mass is 283 g/mol. The molecule has 1 unspecified atom stereocenters. The van der Waals surface area contributed by atoms with Gasteiger partial charge in [0.15, 0.2) is 0 Å². The smallest absolute Gasteiger partial charge is 0.230 e. The van der Waals surface area contributed by atoms with Crippen molar-refractivity contribution < 1.29 is 14.3 Å². The first-order valence-corrected chi connectivity index (χ1v) is 7.54. The van der Waals surface area contributed by atoms with E-state index in [1.54, 1.807) is 7.11 Å². The number of ether oxygens (including phenoxy) is 2. The van der Waals surface area contributed by atoms with Crippen molar-refractivity contribution in [3.8, 4) is 0 Å². The molecule has 0 aliphatic rings. The lowest BCUT2D eigenvalue weighted by Gasteiger charge is -2.27. The second-order valence-corrected chi connectivity index (χ2v) is 5.88. The summed E-state index contributed by atoms with van der Waals surface area (Å²) in [6, 6.07) is 0. The fourth-order valence-electron chi connectivity index (χ4n) is 1.70. The van der Waals surface area contributed by atoms with Gasteiger partial charge in [0.25, 0.3) is 0 Å². The number of carbonyl (C=O) groups is 1. The topological polar surface area (TPSA) is 38.8 Å². The van der Waals surface area contributed by atoms with Crippen molar-refractivity contribution >= 4 is 13.9 Å². The summed E-state index contributed by atoms with van der Waals surface area (Å²) in [4.78, 5) is 13.2. The van der Waals surface area contributed by atoms with Gasteiger partial charge in [0.05, 0.1) is 11.7 Å². The van der Waals surface area contributed by atoms with E-state index < -0.39 is 0 Å². The molecule has 0 aliphatic carbocycles. The van der Waals surface area contributed by atoms with Gasteiger partial charge in [-0.2, -0.15) is 0 Å². The lowest BCUT2D eigenvalue weighted by Crippen LogP contribution is -2.33. The molecule has 0 rings (SSSR count). The average molecular weight is 283 g/mol. The van der Waals surface area contributed by atoms with Crippen molar-refractivity contribution in [1.82, 2.24) is 4.81 Å². The number of rotatable bonds is 11. The predicted molar refractivity (Wildman–Crippen MR) is 82.7 cm³/mol. The quantitative estimate of drug-likeness (QED) is 0.547. The largest absolute Gasteiger partial charge is 0.397 e. The van der Waals surface area contributed by atoms with Gasteiger partial charge in [-0.05, 0) is 40.0 Å². The third kappa shape index (κ3) is 9.37. The molecule has 0 heterocycles. The standard InChI is InChI=1S/C15H30BNO3/c1-6-7-11-17(16)14(18)8-10-15(3,4)20-12-9-13(2)19-5/h13H,6-12H2,1-5H3. The fraction of sp³-hybridized carbons (Fsp3) is 0.933. The van der Waals surface area contributed by atoms with Gasteiger partial charge in [0, 0.05) is 26.7 Å². The fourth-order valence-corrected chi connectivity index (χ4v) is 1.70. The van der Waals surface area contributed by atoms with Crippen LogP contribution in [0.2, 0.25) is 0 Å². The molecule has 2 radical (unpaired) electrons. The minimum atomic E-state index is -0.311. The van der Waals surface area contributed by atoms with Crippen LogP contribution in [0.5, 0.6) is 0 Å². The van der Waals surface area contributed by atoms with Gasteiger partial charge in [-0.3, -0.25) is 4.79 Å². The van der Waals surface area contributed by atoms with E-state index in [1.165, 1.54) is 4.81 Å². The van der Waals surface area contributed by atoms with E-state index in [0.29, 0.717) is 26.0 Å². The number of methoxy groups -OCH3 is 1. The number of hydrogen-bond acceptors (Lipinski definition) is 3. The van der Waals surface area contributed by atoms with E-state index in [2.05, 4.69) is 6.92 Å². The number of unbranched alkanes of at least 4 members (excludes halogenated alkanes) is 1. The van der Waals surface area contributed by atoms with Gasteiger partial charge in [0.1, 0.15) is 0 Å². The van der Waals surface area contributed by atoms with Crippen molar-refractivity contribution in [3.05, 3.63) is 0 Å². The SMILES string of the molecule is [B]N(CCCC)C(=O)CCC(C)(C)OCCC(C)OC. The second-order valence-electron chi connectivity index (χ2n) is 5.88. The van der Waals surface area contributed by atoms with Gasteiger partial charge in [-0.1, -0.05) is 13.3 Å². The maximum absolute atomic E-state index is 11.8. The number of hydrogen-bond donors (Lipinski definition) is 0. The molecule has 0 N–H and O–H groups in total. The summed E-state index contributed by atoms with van der Waals surface area (Å²) in [5, 5.41) is 0. The Morgan fingerprint density at radius 3 is 2.60 bits per heavy atom. The summed E-state index contributed by atoms with van der Waals surface area (Å²) in [5.74, 6) is -0.0135. The van der Waals surface area contributed by atoms with E-state index >= 15 is 0 Å². The van der Waals surface area contributed by atoms with Crippen LogP contribution in [0.1, 0.15) is 59.8 Å². The number of amides is 1. The lowest BCUT2D eigenvalue weighted by atomic mass is 10.0. The molecule has 0 aromatic carbocycles. The normalized spacial score (nSPS) is 13.2. The average Bonchev–Trinajstić information content (AvgIpc) is 2.41. The first-order valence-electron chi connectivity index (χ1n) is 7.54. The number of nitrogens with zero attached hydrogens (tertiary/aromatic N) is 1. The van der Waals surface area contributed by atoms with Gasteiger partial charge < -0.3 is 14.3 Å². The van der Waals surface area contributed by atoms with Crippen LogP contribution in [0.4, 0.5) is 0 Å². The first kappa shape index (κ1) is 19.5. The summed E-state index contributed by atoms with van der Waals surface area (Å²) in [6.45, 7) is 9.37. The Hall–Kier alpha value is -0.545. The summed E-state index contributed by atoms with van der Waals surface area (Å²) in [5.41, 5.74) is -0.311. The zero-order chi connectivity index (χ0) is 15.6. The van der Waals surface area contributed by atoms with Crippen LogP contribution in [0.25, 0.3) is 0 Å². The molecule has 1 atom stereocenters. The highest BCUT2D eigenvalue weighted by molar-refractivity contribution is 6.14. The molecule has 4 nitrogen and oxygen atoms in total. The molecule has 5 heteroatoms. The highest BCUT2D eigenvalue weighted by atomic mass is 16.5. The number of carbonyl (C=O) groups excluding carboxylic acids is 1. The van der Waals surface area contributed by atoms with Crippen LogP contribution >= 0.6 is 0 Å². The summed E-state index contributed by atoms with van der Waals surface area (Å²) < 4.78 is 11.0. The maximum atomic E-state index is 11.8. The van der Waals surface area contributed by atoms with Crippen molar-refractivity contribution in [2.45, 2.75) is 71.5 Å². The zero-order valence-electron chi connectivity index (χ0n) is 13.8. The Kier molecular flexibility index (Phi) is 9.94. The highest BCUT2D eigenvalue weighted by Crippen LogP contribution is 2.18. The molecular weight excluding hydrogens is 253 g/mol. The Labute approximate surface area is 125 Å². The van der Waals surface area contributed by atoms with E-state index in [4.69, 9.17) is 17.5 Å². The van der Waals surface area contributed by atoms with Crippen LogP contribution in [-0.4, -0.2) is 50.7 Å². The lowest BCUT2D eigenvalue weighted by molar-refractivity contribution is -0.128. The van der Waals surface area contributed by atoms with E-state index in [0.717, 1.165) is 19.3 Å². The van der Waals surface area contributed by atoms with Crippen LogP contribution in [0.3, 0.4) is 0 Å². The minimum absolute atomic E-state index is 0.0135. The third-order valence-electron chi connectivity index (χ3n) is 3.43. The van der Waals surface area contributed by atoms with E-state index in [-0.39, 0.29) is 17.6 Å². The van der Waals surface area contributed by atoms with Crippen molar-refractivity contribution in [1.29, 1.82) is 0 Å². The van der Waals surface area contributed by atoms with E-state index in [9.17, 15) is 4.79 Å². The summed E-state index contributed by atoms with van der Waals surface area (Å²) >= 11 is 0. The molecule has 0 spiro atoms. The molecule has 0 aliphatic heterocycles. The van der Waals surface area contributed by atoms with Crippen molar-refractivity contribution in [2.75, 3.05) is 20.3 Å². The van der Waals surface area contributed by atoms with Crippen LogP contribution < -0.4 is 0 Å². The molecule has 0 bridgehead atoms. The maximum Gasteiger partial charge on any atom is 0.230 e. The van der Waals surface area contributed by atoms with Crippen LogP contribution in [0.15, 0.2) is 0 Å². The second kappa shape index (κ2) is 10.2. The third-order valence-corrected chi connectivity index (χ3v) is 3.43. The molecular formula is C15H30BNO3. The van der Waals surface area contributed by atoms with Gasteiger partial charge >= 0.3 is 0 Å². The highest BCUT2D eigenvalue weighted by Gasteiger charge is 2.21. The van der Waals surface area contributed by atoms with Crippen LogP contribution in [0, 0.1) is 0 Å². The molecule has 1 amide bonds. The molecule has 20 heavy (non-hydrogen) atoms. The summed E-state index contributed by atoms with van der Waals surface area (Å²) in [6.07, 6.45) is 4.12. The van der Waals surface area contributed by atoms with Gasteiger partial charge in [-0.25, -0.2) is 0 Å². The molecule has 0 fully saturated rings. The van der Waals surface area contributed by atoms with E-state index in [1.807, 2.05) is 20.8 Å². The van der Waals surface area contributed by atoms with Gasteiger partial charge in [0.2, 0.25) is 13.9 Å². The molecule has 116 valence electrons. The summed E-state index contributed by atoms with van der Waals surface area (Å²) in [7, 11) is 7.41. The molecule has 0 aromatic rings. The minimum Gasteiger partial charge on any atom is -0.397 e. The Morgan fingerprint density at radius 2 is 2.05 bits per heavy atom. The van der Waals surface area contributed by atoms with Gasteiger partial charge in [-0.15, -0.1) is 0 Å². The van der Waals surface area contributed by atoms with Crippen molar-refractivity contribution in [3.63, 3.8) is 0 Å². The molecule has 0 saturated heterocycles. The Bertz CT molecular complexity index is 272. The molecule has 0 aromatic heterocycles. The first-order chi connectivity index (χ1) is 9.32. The Morgan fingerprint density at radius 1 is 1.40 bits per heavy atom. The zero-order valence-corrected chi connectivity index (χ0v) is 13.8. The van der Waals surface area contributed by atoms with Crippen molar-refractivity contribution in [2.24, 2.45) is 0 Å². The van der Waals surface area contributed by atoms with Crippen LogP contribution in [-0.2, 0) is 14.3 Å². The Balaban J connectivity index is 3.93. The predicted octanol–water partition coefficient (Wildman–Crippen LogP) is 2.70.